The van der Waals surface area contributed by atoms with Crippen molar-refractivity contribution in [3.05, 3.63) is 58.0 Å². The van der Waals surface area contributed by atoms with Gasteiger partial charge in [0.1, 0.15) is 6.29 Å². The van der Waals surface area contributed by atoms with Crippen LogP contribution in [0.2, 0.25) is 0 Å². The first-order valence-corrected chi connectivity index (χ1v) is 8.35. The lowest BCUT2D eigenvalue weighted by molar-refractivity contribution is -0.104. The second-order valence-corrected chi connectivity index (χ2v) is 6.91. The Hall–Kier alpha value is -1.93. The molecule has 2 rings (SSSR count). The average Bonchev–Trinajstić information content (AvgIpc) is 2.84. The van der Waals surface area contributed by atoms with Crippen molar-refractivity contribution < 1.29 is 4.79 Å². The van der Waals surface area contributed by atoms with E-state index in [9.17, 15) is 4.79 Å². The van der Waals surface area contributed by atoms with Crippen LogP contribution in [0.1, 0.15) is 49.6 Å². The minimum Gasteiger partial charge on any atom is -0.299 e. The fourth-order valence-corrected chi connectivity index (χ4v) is 3.72. The van der Waals surface area contributed by atoms with Gasteiger partial charge in [0.05, 0.1) is 0 Å². The van der Waals surface area contributed by atoms with E-state index in [-0.39, 0.29) is 0 Å². The summed E-state index contributed by atoms with van der Waals surface area (Å²) in [6.45, 7) is 8.61. The molecular weight excluding hydrogens is 288 g/mol. The van der Waals surface area contributed by atoms with Gasteiger partial charge in [-0.1, -0.05) is 55.8 Å². The molecule has 22 heavy (non-hydrogen) atoms. The molecule has 2 aromatic rings. The third-order valence-corrected chi connectivity index (χ3v) is 4.92. The second kappa shape index (κ2) is 7.37. The van der Waals surface area contributed by atoms with Crippen molar-refractivity contribution in [2.45, 2.75) is 33.6 Å². The summed E-state index contributed by atoms with van der Waals surface area (Å²) in [5.41, 5.74) is 4.88. The molecule has 0 aliphatic carbocycles. The Balaban J connectivity index is 2.75. The molecule has 0 fully saturated rings. The number of carbonyl (C=O) groups is 1. The zero-order valence-electron chi connectivity index (χ0n) is 13.6. The van der Waals surface area contributed by atoms with Gasteiger partial charge in [-0.05, 0) is 43.0 Å². The summed E-state index contributed by atoms with van der Waals surface area (Å²) in [6, 6.07) is 10.5. The molecule has 0 N–H and O–H groups in total. The molecule has 0 aliphatic heterocycles. The van der Waals surface area contributed by atoms with E-state index in [4.69, 9.17) is 0 Å². The number of rotatable bonds is 5. The topological polar surface area (TPSA) is 17.1 Å². The van der Waals surface area contributed by atoms with E-state index in [0.717, 1.165) is 6.29 Å². The van der Waals surface area contributed by atoms with Crippen molar-refractivity contribution in [3.8, 4) is 10.4 Å². The predicted octanol–water partition coefficient (Wildman–Crippen LogP) is 6.17. The molecule has 0 atom stereocenters. The summed E-state index contributed by atoms with van der Waals surface area (Å²) >= 11 is 1.83. The van der Waals surface area contributed by atoms with E-state index >= 15 is 0 Å². The molecule has 0 aliphatic rings. The standard InChI is InChI=1S/C20H22OS/c1-14(2)13-18-17(11-8-12-21)19(15(3)4)22-20(18)16-9-6-5-7-10-16/h5-13,15H,1-4H3/b11-8+. The Morgan fingerprint density at radius 1 is 1.09 bits per heavy atom. The lowest BCUT2D eigenvalue weighted by Crippen LogP contribution is -1.87. The molecule has 0 bridgehead atoms. The first kappa shape index (κ1) is 16.4. The van der Waals surface area contributed by atoms with Crippen LogP contribution >= 0.6 is 11.3 Å². The fraction of sp³-hybridized carbons (Fsp3) is 0.250. The van der Waals surface area contributed by atoms with Gasteiger partial charge >= 0.3 is 0 Å². The third kappa shape index (κ3) is 3.63. The first-order chi connectivity index (χ1) is 10.5. The van der Waals surface area contributed by atoms with Crippen LogP contribution in [0.4, 0.5) is 0 Å². The van der Waals surface area contributed by atoms with Gasteiger partial charge in [-0.15, -0.1) is 11.3 Å². The Morgan fingerprint density at radius 3 is 2.32 bits per heavy atom. The average molecular weight is 310 g/mol. The molecule has 0 amide bonds. The van der Waals surface area contributed by atoms with E-state index in [1.807, 2.05) is 23.5 Å². The van der Waals surface area contributed by atoms with Crippen molar-refractivity contribution in [1.29, 1.82) is 0 Å². The van der Waals surface area contributed by atoms with Crippen LogP contribution in [0.5, 0.6) is 0 Å². The predicted molar refractivity (Wildman–Crippen MR) is 98.3 cm³/mol. The zero-order valence-corrected chi connectivity index (χ0v) is 14.4. The van der Waals surface area contributed by atoms with Crippen LogP contribution in [0.25, 0.3) is 22.6 Å². The highest BCUT2D eigenvalue weighted by Crippen LogP contribution is 2.42. The van der Waals surface area contributed by atoms with Crippen molar-refractivity contribution in [3.63, 3.8) is 0 Å². The molecule has 1 aromatic carbocycles. The van der Waals surface area contributed by atoms with E-state index < -0.39 is 0 Å². The normalized spacial score (nSPS) is 11.1. The van der Waals surface area contributed by atoms with E-state index in [1.165, 1.54) is 32.0 Å². The van der Waals surface area contributed by atoms with Gasteiger partial charge in [-0.2, -0.15) is 0 Å². The Kier molecular flexibility index (Phi) is 5.51. The molecule has 0 saturated heterocycles. The Labute approximate surface area is 137 Å². The van der Waals surface area contributed by atoms with Crippen molar-refractivity contribution in [2.24, 2.45) is 0 Å². The van der Waals surface area contributed by atoms with Crippen LogP contribution in [0, 0.1) is 0 Å². The van der Waals surface area contributed by atoms with Gasteiger partial charge in [0.15, 0.2) is 0 Å². The number of carbonyl (C=O) groups excluding carboxylic acids is 1. The van der Waals surface area contributed by atoms with Gasteiger partial charge < -0.3 is 0 Å². The summed E-state index contributed by atoms with van der Waals surface area (Å²) in [4.78, 5) is 13.4. The van der Waals surface area contributed by atoms with Crippen molar-refractivity contribution in [1.82, 2.24) is 0 Å². The van der Waals surface area contributed by atoms with E-state index in [0.29, 0.717) is 5.92 Å². The fourth-order valence-electron chi connectivity index (χ4n) is 2.45. The quantitative estimate of drug-likeness (QED) is 0.476. The van der Waals surface area contributed by atoms with Crippen LogP contribution in [0.15, 0.2) is 42.0 Å². The molecule has 0 saturated carbocycles. The third-order valence-electron chi connectivity index (χ3n) is 3.35. The lowest BCUT2D eigenvalue weighted by atomic mass is 9.98. The van der Waals surface area contributed by atoms with Crippen LogP contribution in [0.3, 0.4) is 0 Å². The van der Waals surface area contributed by atoms with Crippen LogP contribution < -0.4 is 0 Å². The van der Waals surface area contributed by atoms with Gasteiger partial charge in [0.25, 0.3) is 0 Å². The molecule has 114 valence electrons. The molecule has 0 spiro atoms. The summed E-state index contributed by atoms with van der Waals surface area (Å²) < 4.78 is 0. The molecule has 1 heterocycles. The van der Waals surface area contributed by atoms with Gasteiger partial charge in [-0.25, -0.2) is 0 Å². The SMILES string of the molecule is CC(C)=Cc1c(-c2ccccc2)sc(C(C)C)c1/C=C/C=O. The van der Waals surface area contributed by atoms with Crippen molar-refractivity contribution >= 4 is 29.8 Å². The number of allylic oxidation sites excluding steroid dienone is 2. The highest BCUT2D eigenvalue weighted by atomic mass is 32.1. The number of aldehydes is 1. The summed E-state index contributed by atoms with van der Waals surface area (Å²) in [6.07, 6.45) is 6.59. The van der Waals surface area contributed by atoms with Gasteiger partial charge in [-0.3, -0.25) is 4.79 Å². The van der Waals surface area contributed by atoms with Crippen LogP contribution in [-0.4, -0.2) is 6.29 Å². The Morgan fingerprint density at radius 2 is 1.77 bits per heavy atom. The first-order valence-electron chi connectivity index (χ1n) is 7.53. The van der Waals surface area contributed by atoms with E-state index in [1.54, 1.807) is 6.08 Å². The molecule has 0 unspecified atom stereocenters. The Bertz CT molecular complexity index is 699. The number of hydrogen-bond acceptors (Lipinski definition) is 2. The number of hydrogen-bond donors (Lipinski definition) is 0. The van der Waals surface area contributed by atoms with E-state index in [2.05, 4.69) is 58.0 Å². The maximum atomic E-state index is 10.8. The molecule has 1 aromatic heterocycles. The van der Waals surface area contributed by atoms with Gasteiger partial charge in [0.2, 0.25) is 0 Å². The maximum Gasteiger partial charge on any atom is 0.142 e. The number of thiophene rings is 1. The molecular formula is C20H22OS. The maximum absolute atomic E-state index is 10.8. The smallest absolute Gasteiger partial charge is 0.142 e. The minimum absolute atomic E-state index is 0.429. The zero-order chi connectivity index (χ0) is 16.1. The summed E-state index contributed by atoms with van der Waals surface area (Å²) in [5, 5.41) is 0. The highest BCUT2D eigenvalue weighted by Gasteiger charge is 2.18. The minimum atomic E-state index is 0.429. The highest BCUT2D eigenvalue weighted by molar-refractivity contribution is 7.16. The molecule has 2 heteroatoms. The van der Waals surface area contributed by atoms with Crippen molar-refractivity contribution in [2.75, 3.05) is 0 Å². The largest absolute Gasteiger partial charge is 0.299 e. The lowest BCUT2D eigenvalue weighted by Gasteiger charge is -2.04. The monoisotopic (exact) mass is 310 g/mol. The number of benzene rings is 1. The van der Waals surface area contributed by atoms with Gasteiger partial charge in [0, 0.05) is 15.3 Å². The summed E-state index contributed by atoms with van der Waals surface area (Å²) in [7, 11) is 0. The summed E-state index contributed by atoms with van der Waals surface area (Å²) in [5.74, 6) is 0.429. The second-order valence-electron chi connectivity index (χ2n) is 5.86. The van der Waals surface area contributed by atoms with Crippen LogP contribution in [-0.2, 0) is 4.79 Å². The molecule has 1 nitrogen and oxygen atoms in total. The molecule has 0 radical (unpaired) electrons.